The molecule has 0 fully saturated rings. The van der Waals surface area contributed by atoms with Gasteiger partial charge in [-0.25, -0.2) is 0 Å². The normalized spacial score (nSPS) is 24.1. The number of hydrogen-bond donors (Lipinski definition) is 15. The van der Waals surface area contributed by atoms with Gasteiger partial charge in [0.15, 0.2) is 17.3 Å². The number of carbonyl (C=O) groups excluding carboxylic acids is 4. The van der Waals surface area contributed by atoms with Crippen molar-refractivity contribution in [2.75, 3.05) is 13.2 Å². The van der Waals surface area contributed by atoms with E-state index in [4.69, 9.17) is 10.2 Å². The predicted molar refractivity (Wildman–Crippen MR) is 154 cm³/mol. The lowest BCUT2D eigenvalue weighted by Gasteiger charge is -2.39. The molecule has 1 aromatic rings. The number of ketones is 2. The molecular formula is C29H38O19. The van der Waals surface area contributed by atoms with Crippen LogP contribution in [0.25, 0.3) is 0 Å². The third-order valence-electron chi connectivity index (χ3n) is 8.01. The van der Waals surface area contributed by atoms with Crippen LogP contribution in [0.15, 0.2) is 40.9 Å². The number of allylic oxidation sites excluding steroid dienone is 1. The molecule has 2 rings (SSSR count). The van der Waals surface area contributed by atoms with E-state index < -0.39 is 132 Å². The van der Waals surface area contributed by atoms with E-state index in [1.165, 1.54) is 6.07 Å². The minimum atomic E-state index is -4.07. The number of aliphatic hydroxyl groups excluding tert-OH is 12. The SMILES string of the molecule is O=CC(CCc1ccc(O)c(O)c1)C1=C(O)C(O)(C(=O)[C@H](O)[C@@H](O)[C@H](O)[C@H](O)CO)C(O)=C(C(=O)[C@H](O)[C@@H](O)[C@H](O)[C@H](O)CO)C1C=O. The zero-order chi connectivity index (χ0) is 36.8. The maximum atomic E-state index is 13.5. The van der Waals surface area contributed by atoms with E-state index in [2.05, 4.69) is 0 Å². The third kappa shape index (κ3) is 7.72. The van der Waals surface area contributed by atoms with Crippen molar-refractivity contribution in [3.63, 3.8) is 0 Å². The molecule has 0 radical (unpaired) electrons. The summed E-state index contributed by atoms with van der Waals surface area (Å²) in [6.45, 7) is -2.42. The lowest BCUT2D eigenvalue weighted by atomic mass is 9.68. The van der Waals surface area contributed by atoms with Crippen molar-refractivity contribution in [3.8, 4) is 11.5 Å². The molecule has 1 aromatic carbocycles. The first kappa shape index (κ1) is 40.3. The Morgan fingerprint density at radius 1 is 0.750 bits per heavy atom. The van der Waals surface area contributed by atoms with Crippen LogP contribution in [-0.2, 0) is 25.6 Å². The molecule has 11 atom stereocenters. The van der Waals surface area contributed by atoms with Gasteiger partial charge < -0.3 is 86.2 Å². The quantitative estimate of drug-likeness (QED) is 0.0503. The van der Waals surface area contributed by atoms with Gasteiger partial charge in [-0.15, -0.1) is 0 Å². The Hall–Kier alpha value is -3.86. The van der Waals surface area contributed by atoms with Crippen LogP contribution in [-0.4, -0.2) is 168 Å². The van der Waals surface area contributed by atoms with Crippen molar-refractivity contribution in [2.45, 2.75) is 67.3 Å². The highest BCUT2D eigenvalue weighted by molar-refractivity contribution is 6.07. The zero-order valence-corrected chi connectivity index (χ0v) is 24.8. The summed E-state index contributed by atoms with van der Waals surface area (Å²) in [5.74, 6) is -13.2. The minimum absolute atomic E-state index is 0.0525. The maximum Gasteiger partial charge on any atom is 0.240 e. The number of carbonyl (C=O) groups is 4. The van der Waals surface area contributed by atoms with Gasteiger partial charge in [-0.2, -0.15) is 0 Å². The summed E-state index contributed by atoms with van der Waals surface area (Å²) in [4.78, 5) is 51.7. The number of aldehydes is 2. The highest BCUT2D eigenvalue weighted by Gasteiger charge is 2.58. The van der Waals surface area contributed by atoms with Gasteiger partial charge in [-0.3, -0.25) is 9.59 Å². The number of Topliss-reactive ketones (excluding diaryl/α,β-unsaturated/α-hetero) is 2. The molecule has 0 saturated heterocycles. The molecule has 0 spiro atoms. The van der Waals surface area contributed by atoms with Crippen LogP contribution in [0.4, 0.5) is 0 Å². The topological polar surface area (TPSA) is 372 Å². The Labute approximate surface area is 270 Å². The van der Waals surface area contributed by atoms with Crippen LogP contribution in [0.3, 0.4) is 0 Å². The number of aryl methyl sites for hydroxylation is 1. The molecule has 0 amide bonds. The molecule has 1 aliphatic rings. The van der Waals surface area contributed by atoms with Crippen LogP contribution in [0.5, 0.6) is 11.5 Å². The summed E-state index contributed by atoms with van der Waals surface area (Å²) in [6, 6.07) is 3.43. The van der Waals surface area contributed by atoms with Gasteiger partial charge in [-0.05, 0) is 36.1 Å². The molecule has 0 heterocycles. The van der Waals surface area contributed by atoms with E-state index in [9.17, 15) is 85.6 Å². The van der Waals surface area contributed by atoms with Crippen LogP contribution in [0, 0.1) is 11.8 Å². The van der Waals surface area contributed by atoms with Crippen LogP contribution in [0.2, 0.25) is 0 Å². The fraction of sp³-hybridized carbons (Fsp3) is 0.517. The van der Waals surface area contributed by atoms with Crippen molar-refractivity contribution in [1.82, 2.24) is 0 Å². The highest BCUT2D eigenvalue weighted by Crippen LogP contribution is 2.44. The number of rotatable bonds is 18. The third-order valence-corrected chi connectivity index (χ3v) is 8.01. The summed E-state index contributed by atoms with van der Waals surface area (Å²) in [7, 11) is 0. The van der Waals surface area contributed by atoms with E-state index in [1.807, 2.05) is 0 Å². The second-order valence-corrected chi connectivity index (χ2v) is 11.1. The van der Waals surface area contributed by atoms with E-state index in [-0.39, 0.29) is 24.6 Å². The molecule has 19 heteroatoms. The molecule has 3 unspecified atom stereocenters. The Balaban J connectivity index is 2.80. The van der Waals surface area contributed by atoms with Crippen LogP contribution in [0.1, 0.15) is 12.0 Å². The second-order valence-electron chi connectivity index (χ2n) is 11.1. The number of phenolic OH excluding ortho intramolecular Hbond substituents is 2. The molecule has 19 nitrogen and oxygen atoms in total. The monoisotopic (exact) mass is 690 g/mol. The van der Waals surface area contributed by atoms with Crippen molar-refractivity contribution >= 4 is 24.1 Å². The first-order chi connectivity index (χ1) is 22.4. The average molecular weight is 691 g/mol. The number of phenols is 2. The van der Waals surface area contributed by atoms with E-state index in [0.29, 0.717) is 0 Å². The molecule has 0 saturated carbocycles. The summed E-state index contributed by atoms with van der Waals surface area (Å²) in [5, 5.41) is 152. The summed E-state index contributed by atoms with van der Waals surface area (Å²) >= 11 is 0. The molecule has 15 N–H and O–H groups in total. The molecule has 48 heavy (non-hydrogen) atoms. The van der Waals surface area contributed by atoms with Crippen molar-refractivity contribution in [3.05, 3.63) is 46.4 Å². The molecule has 0 aliphatic heterocycles. The Bertz CT molecular complexity index is 1410. The fourth-order valence-electron chi connectivity index (χ4n) is 5.09. The molecular weight excluding hydrogens is 652 g/mol. The van der Waals surface area contributed by atoms with Crippen LogP contribution < -0.4 is 0 Å². The van der Waals surface area contributed by atoms with E-state index >= 15 is 0 Å². The number of benzene rings is 1. The summed E-state index contributed by atoms with van der Waals surface area (Å²) < 4.78 is 0. The van der Waals surface area contributed by atoms with E-state index in [0.717, 1.165) is 12.1 Å². The lowest BCUT2D eigenvalue weighted by Crippen LogP contribution is -2.58. The smallest absolute Gasteiger partial charge is 0.240 e. The van der Waals surface area contributed by atoms with E-state index in [1.54, 1.807) is 0 Å². The van der Waals surface area contributed by atoms with Crippen molar-refractivity contribution < 1.29 is 95.8 Å². The van der Waals surface area contributed by atoms with Gasteiger partial charge in [0.2, 0.25) is 11.4 Å². The fourth-order valence-corrected chi connectivity index (χ4v) is 5.09. The molecule has 0 aromatic heterocycles. The van der Waals surface area contributed by atoms with Gasteiger partial charge in [0.25, 0.3) is 0 Å². The number of aromatic hydroxyl groups is 2. The van der Waals surface area contributed by atoms with Gasteiger partial charge in [0, 0.05) is 5.92 Å². The number of hydrogen-bond acceptors (Lipinski definition) is 19. The Morgan fingerprint density at radius 3 is 1.73 bits per heavy atom. The average Bonchev–Trinajstić information content (AvgIpc) is 3.09. The van der Waals surface area contributed by atoms with Gasteiger partial charge in [0.1, 0.15) is 72.9 Å². The molecule has 0 bridgehead atoms. The first-order valence-corrected chi connectivity index (χ1v) is 14.1. The number of aliphatic hydroxyl groups is 13. The maximum absolute atomic E-state index is 13.5. The largest absolute Gasteiger partial charge is 0.508 e. The summed E-state index contributed by atoms with van der Waals surface area (Å²) in [6.07, 6.45) is -21.6. The standard InChI is InChI=1S/C29H38O19/c30-6-11(3-1-10-2-4-13(34)14(35)5-10)17-12(7-31)18(21(40)24(43)22(41)19(38)15(36)8-32)27(46)29(48,26(17)45)28(47)25(44)23(42)20(39)16(37)9-33/h2,4-7,11-12,15-16,19-20,22-25,32-39,41-46,48H,1,3,8-9H2/t11?,12?,15-,16-,19-,20-,22+,23+,24+,25-,29?/m1/s1. The lowest BCUT2D eigenvalue weighted by molar-refractivity contribution is -0.162. The van der Waals surface area contributed by atoms with Crippen molar-refractivity contribution in [1.29, 1.82) is 0 Å². The van der Waals surface area contributed by atoms with Crippen LogP contribution >= 0.6 is 0 Å². The highest BCUT2D eigenvalue weighted by atomic mass is 16.4. The summed E-state index contributed by atoms with van der Waals surface area (Å²) in [5.41, 5.74) is -6.34. The molecule has 268 valence electrons. The Kier molecular flexibility index (Phi) is 13.9. The van der Waals surface area contributed by atoms with Crippen molar-refractivity contribution in [2.24, 2.45) is 11.8 Å². The van der Waals surface area contributed by atoms with Gasteiger partial charge in [-0.1, -0.05) is 6.07 Å². The van der Waals surface area contributed by atoms with Gasteiger partial charge in [0.05, 0.1) is 24.7 Å². The zero-order valence-electron chi connectivity index (χ0n) is 24.8. The second kappa shape index (κ2) is 16.5. The minimum Gasteiger partial charge on any atom is -0.508 e. The predicted octanol–water partition coefficient (Wildman–Crippen LogP) is -5.96. The first-order valence-electron chi connectivity index (χ1n) is 14.1. The molecule has 1 aliphatic carbocycles. The van der Waals surface area contributed by atoms with Gasteiger partial charge >= 0.3 is 0 Å². The Morgan fingerprint density at radius 2 is 1.27 bits per heavy atom.